The average Bonchev–Trinajstić information content (AvgIpc) is 2.65. The summed E-state index contributed by atoms with van der Waals surface area (Å²) in [6.07, 6.45) is 8.32. The molecule has 0 radical (unpaired) electrons. The van der Waals surface area contributed by atoms with Gasteiger partial charge in [-0.05, 0) is 72.3 Å². The van der Waals surface area contributed by atoms with Crippen LogP contribution in [0, 0.1) is 5.92 Å². The monoisotopic (exact) mass is 384 g/mol. The molecule has 6 nitrogen and oxygen atoms in total. The van der Waals surface area contributed by atoms with Crippen molar-refractivity contribution in [3.05, 3.63) is 12.7 Å². The number of hydrogen-bond acceptors (Lipinski definition) is 6. The predicted molar refractivity (Wildman–Crippen MR) is 121 cm³/mol. The number of unbranched alkanes of at least 4 members (excludes halogenated alkanes) is 1. The van der Waals surface area contributed by atoms with Crippen molar-refractivity contribution in [2.24, 2.45) is 5.92 Å². The molecule has 0 bridgehead atoms. The second-order valence-electron chi connectivity index (χ2n) is 7.59. The molecule has 0 aromatic rings. The van der Waals surface area contributed by atoms with Crippen LogP contribution < -0.4 is 26.6 Å². The van der Waals surface area contributed by atoms with E-state index in [-0.39, 0.29) is 0 Å². The van der Waals surface area contributed by atoms with E-state index in [1.54, 1.807) is 0 Å². The lowest BCUT2D eigenvalue weighted by Crippen LogP contribution is -2.34. The summed E-state index contributed by atoms with van der Waals surface area (Å²) in [7, 11) is 6.22. The fourth-order valence-corrected chi connectivity index (χ4v) is 2.97. The zero-order valence-electron chi connectivity index (χ0n) is 18.4. The standard InChI is InChI=1S/C21H48N6/c1-5-6-7-9-21(20-26-17-16-25-18-19-27(3)4)10-8-11-23-14-15-24-13-12-22-2/h5,21-26H,1,6-20H2,2-4H3. The number of allylic oxidation sites excluding steroid dienone is 1. The minimum atomic E-state index is 0.780. The third kappa shape index (κ3) is 21.7. The van der Waals surface area contributed by atoms with Gasteiger partial charge in [0.1, 0.15) is 0 Å². The lowest BCUT2D eigenvalue weighted by Gasteiger charge is -2.18. The van der Waals surface area contributed by atoms with Crippen LogP contribution in [0.4, 0.5) is 0 Å². The highest BCUT2D eigenvalue weighted by Gasteiger charge is 2.07. The molecule has 0 amide bonds. The number of rotatable bonds is 22. The van der Waals surface area contributed by atoms with Gasteiger partial charge in [-0.3, -0.25) is 0 Å². The van der Waals surface area contributed by atoms with Crippen LogP contribution in [0.1, 0.15) is 32.1 Å². The van der Waals surface area contributed by atoms with E-state index in [1.807, 2.05) is 13.1 Å². The van der Waals surface area contributed by atoms with Gasteiger partial charge in [-0.25, -0.2) is 0 Å². The molecular weight excluding hydrogens is 336 g/mol. The summed E-state index contributed by atoms with van der Waals surface area (Å²) in [6, 6.07) is 0. The smallest absolute Gasteiger partial charge is 0.0101 e. The lowest BCUT2D eigenvalue weighted by atomic mass is 9.96. The summed E-state index contributed by atoms with van der Waals surface area (Å²) in [5.74, 6) is 0.780. The highest BCUT2D eigenvalue weighted by Crippen LogP contribution is 2.14. The summed E-state index contributed by atoms with van der Waals surface area (Å²) in [5, 5.41) is 17.3. The number of nitrogens with zero attached hydrogens (tertiary/aromatic N) is 1. The second kappa shape index (κ2) is 21.8. The molecule has 1 unspecified atom stereocenters. The van der Waals surface area contributed by atoms with Gasteiger partial charge in [-0.1, -0.05) is 6.08 Å². The third-order valence-corrected chi connectivity index (χ3v) is 4.66. The molecule has 0 saturated carbocycles. The first-order valence-electron chi connectivity index (χ1n) is 10.9. The Balaban J connectivity index is 3.67. The molecule has 5 N–H and O–H groups in total. The van der Waals surface area contributed by atoms with E-state index < -0.39 is 0 Å². The van der Waals surface area contributed by atoms with Crippen LogP contribution in [0.25, 0.3) is 0 Å². The first-order chi connectivity index (χ1) is 13.2. The van der Waals surface area contributed by atoms with E-state index in [1.165, 1.54) is 25.7 Å². The molecule has 0 aliphatic carbocycles. The summed E-state index contributed by atoms with van der Waals surface area (Å²) < 4.78 is 0. The zero-order valence-corrected chi connectivity index (χ0v) is 18.4. The molecule has 0 heterocycles. The van der Waals surface area contributed by atoms with Crippen molar-refractivity contribution in [2.45, 2.75) is 32.1 Å². The number of nitrogens with one attached hydrogen (secondary N) is 5. The Kier molecular flexibility index (Phi) is 21.4. The van der Waals surface area contributed by atoms with Gasteiger partial charge < -0.3 is 31.5 Å². The van der Waals surface area contributed by atoms with Gasteiger partial charge in [0, 0.05) is 52.4 Å². The number of hydrogen-bond donors (Lipinski definition) is 5. The Labute approximate surface area is 169 Å². The fraction of sp³-hybridized carbons (Fsp3) is 0.905. The first-order valence-corrected chi connectivity index (χ1v) is 10.9. The summed E-state index contributed by atoms with van der Waals surface area (Å²) >= 11 is 0. The van der Waals surface area contributed by atoms with Gasteiger partial charge in [0.15, 0.2) is 0 Å². The Morgan fingerprint density at radius 3 is 2.04 bits per heavy atom. The maximum Gasteiger partial charge on any atom is 0.0101 e. The molecule has 0 aliphatic heterocycles. The van der Waals surface area contributed by atoms with Crippen molar-refractivity contribution in [2.75, 3.05) is 86.6 Å². The highest BCUT2D eigenvalue weighted by atomic mass is 15.1. The highest BCUT2D eigenvalue weighted by molar-refractivity contribution is 4.70. The molecule has 1 atom stereocenters. The van der Waals surface area contributed by atoms with Gasteiger partial charge >= 0.3 is 0 Å². The third-order valence-electron chi connectivity index (χ3n) is 4.66. The van der Waals surface area contributed by atoms with E-state index in [9.17, 15) is 0 Å². The van der Waals surface area contributed by atoms with Crippen molar-refractivity contribution in [1.82, 2.24) is 31.5 Å². The van der Waals surface area contributed by atoms with Gasteiger partial charge in [0.25, 0.3) is 0 Å². The first kappa shape index (κ1) is 26.5. The Hall–Kier alpha value is -0.500. The van der Waals surface area contributed by atoms with Crippen LogP contribution in [-0.2, 0) is 0 Å². The normalized spacial score (nSPS) is 12.6. The van der Waals surface area contributed by atoms with Crippen LogP contribution in [0.2, 0.25) is 0 Å². The predicted octanol–water partition coefficient (Wildman–Crippen LogP) is 0.879. The molecule has 0 fully saturated rings. The van der Waals surface area contributed by atoms with E-state index >= 15 is 0 Å². The van der Waals surface area contributed by atoms with Gasteiger partial charge in [-0.15, -0.1) is 6.58 Å². The Morgan fingerprint density at radius 2 is 1.37 bits per heavy atom. The molecule has 27 heavy (non-hydrogen) atoms. The quantitative estimate of drug-likeness (QED) is 0.141. The number of likely N-dealkylation sites (N-methyl/N-ethyl adjacent to an activating group) is 2. The van der Waals surface area contributed by atoms with Crippen molar-refractivity contribution < 1.29 is 0 Å². The van der Waals surface area contributed by atoms with Crippen LogP contribution >= 0.6 is 0 Å². The van der Waals surface area contributed by atoms with E-state index in [0.717, 1.165) is 77.8 Å². The average molecular weight is 385 g/mol. The van der Waals surface area contributed by atoms with Crippen LogP contribution in [0.3, 0.4) is 0 Å². The zero-order chi connectivity index (χ0) is 20.0. The molecular formula is C21H48N6. The molecule has 0 rings (SSSR count). The van der Waals surface area contributed by atoms with Crippen molar-refractivity contribution >= 4 is 0 Å². The molecule has 6 heteroatoms. The largest absolute Gasteiger partial charge is 0.318 e. The maximum absolute atomic E-state index is 3.85. The molecule has 0 aliphatic rings. The molecule has 0 spiro atoms. The summed E-state index contributed by atoms with van der Waals surface area (Å²) in [6.45, 7) is 14.6. The van der Waals surface area contributed by atoms with E-state index in [0.29, 0.717) is 0 Å². The van der Waals surface area contributed by atoms with Gasteiger partial charge in [0.05, 0.1) is 0 Å². The van der Waals surface area contributed by atoms with Crippen LogP contribution in [-0.4, -0.2) is 91.5 Å². The maximum atomic E-state index is 3.85. The molecule has 162 valence electrons. The molecule has 0 aromatic carbocycles. The van der Waals surface area contributed by atoms with Crippen molar-refractivity contribution in [1.29, 1.82) is 0 Å². The van der Waals surface area contributed by atoms with Crippen molar-refractivity contribution in [3.8, 4) is 0 Å². The Morgan fingerprint density at radius 1 is 0.778 bits per heavy atom. The topological polar surface area (TPSA) is 63.4 Å². The van der Waals surface area contributed by atoms with Crippen LogP contribution in [0.5, 0.6) is 0 Å². The van der Waals surface area contributed by atoms with Gasteiger partial charge in [-0.2, -0.15) is 0 Å². The Bertz CT molecular complexity index is 298. The van der Waals surface area contributed by atoms with E-state index in [4.69, 9.17) is 0 Å². The summed E-state index contributed by atoms with van der Waals surface area (Å²) in [4.78, 5) is 2.21. The lowest BCUT2D eigenvalue weighted by molar-refractivity contribution is 0.384. The molecule has 0 aromatic heterocycles. The minimum absolute atomic E-state index is 0.780. The van der Waals surface area contributed by atoms with Crippen LogP contribution in [0.15, 0.2) is 12.7 Å². The SMILES string of the molecule is C=CCCCC(CCCNCCNCCNC)CNCCNCCN(C)C. The van der Waals surface area contributed by atoms with Crippen molar-refractivity contribution in [3.63, 3.8) is 0 Å². The summed E-state index contributed by atoms with van der Waals surface area (Å²) in [5.41, 5.74) is 0. The van der Waals surface area contributed by atoms with Gasteiger partial charge in [0.2, 0.25) is 0 Å². The fourth-order valence-electron chi connectivity index (χ4n) is 2.97. The second-order valence-corrected chi connectivity index (χ2v) is 7.59. The molecule has 0 saturated heterocycles. The minimum Gasteiger partial charge on any atom is -0.318 e. The van der Waals surface area contributed by atoms with E-state index in [2.05, 4.69) is 52.2 Å².